The molecule has 1 rings (SSSR count). The van der Waals surface area contributed by atoms with Crippen molar-refractivity contribution >= 4 is 23.3 Å². The molecule has 0 saturated carbocycles. The average Bonchev–Trinajstić information content (AvgIpc) is 2.40. The Hall–Kier alpha value is -1.46. The van der Waals surface area contributed by atoms with Gasteiger partial charge in [0.2, 0.25) is 0 Å². The molecule has 0 spiro atoms. The van der Waals surface area contributed by atoms with Crippen LogP contribution in [0.15, 0.2) is 12.1 Å². The summed E-state index contributed by atoms with van der Waals surface area (Å²) >= 11 is 5.89. The van der Waals surface area contributed by atoms with Gasteiger partial charge in [-0.15, -0.1) is 0 Å². The number of nitrogens with two attached hydrogens (primary N) is 1. The second kappa shape index (κ2) is 7.97. The zero-order chi connectivity index (χ0) is 15.1. The number of nitrogen functional groups attached to an aromatic ring is 1. The summed E-state index contributed by atoms with van der Waals surface area (Å²) in [6, 6.07) is 2.93. The third-order valence-electron chi connectivity index (χ3n) is 2.45. The maximum absolute atomic E-state index is 11.9. The third-order valence-corrected chi connectivity index (χ3v) is 2.78. The molecule has 20 heavy (non-hydrogen) atoms. The van der Waals surface area contributed by atoms with Gasteiger partial charge in [-0.25, -0.2) is 4.79 Å². The Morgan fingerprint density at radius 1 is 1.35 bits per heavy atom. The lowest BCUT2D eigenvalue weighted by Gasteiger charge is -2.11. The van der Waals surface area contributed by atoms with Gasteiger partial charge in [0, 0.05) is 12.7 Å². The van der Waals surface area contributed by atoms with E-state index in [2.05, 4.69) is 0 Å². The van der Waals surface area contributed by atoms with E-state index in [4.69, 9.17) is 31.5 Å². The molecular weight excluding hydrogens is 282 g/mol. The fourth-order valence-corrected chi connectivity index (χ4v) is 1.65. The standard InChI is InChI=1S/C14H20ClNO4/c1-9(2)8-19-4-5-20-14(17)10-6-11(15)12(16)7-13(10)18-3/h6-7,9H,4-5,8,16H2,1-3H3. The number of benzene rings is 1. The monoisotopic (exact) mass is 301 g/mol. The molecule has 0 bridgehead atoms. The summed E-state index contributed by atoms with van der Waals surface area (Å²) in [6.45, 7) is 5.26. The minimum atomic E-state index is -0.517. The number of ether oxygens (including phenoxy) is 3. The molecule has 0 aliphatic rings. The van der Waals surface area contributed by atoms with E-state index in [1.165, 1.54) is 19.2 Å². The number of halogens is 1. The van der Waals surface area contributed by atoms with Crippen LogP contribution in [0.5, 0.6) is 5.75 Å². The number of anilines is 1. The maximum atomic E-state index is 11.9. The van der Waals surface area contributed by atoms with Gasteiger partial charge in [-0.05, 0) is 12.0 Å². The highest BCUT2D eigenvalue weighted by Gasteiger charge is 2.16. The summed E-state index contributed by atoms with van der Waals surface area (Å²) in [5.74, 6) is 0.263. The topological polar surface area (TPSA) is 70.8 Å². The Morgan fingerprint density at radius 2 is 2.05 bits per heavy atom. The van der Waals surface area contributed by atoms with Gasteiger partial charge < -0.3 is 19.9 Å². The van der Waals surface area contributed by atoms with Crippen LogP contribution in [0.3, 0.4) is 0 Å². The van der Waals surface area contributed by atoms with Gasteiger partial charge in [-0.1, -0.05) is 25.4 Å². The molecule has 0 aromatic heterocycles. The largest absolute Gasteiger partial charge is 0.496 e. The summed E-state index contributed by atoms with van der Waals surface area (Å²) in [7, 11) is 1.45. The Labute approximate surface area is 123 Å². The van der Waals surface area contributed by atoms with Gasteiger partial charge in [0.1, 0.15) is 17.9 Å². The van der Waals surface area contributed by atoms with Crippen LogP contribution in [0.1, 0.15) is 24.2 Å². The van der Waals surface area contributed by atoms with Gasteiger partial charge in [-0.3, -0.25) is 0 Å². The Morgan fingerprint density at radius 3 is 2.65 bits per heavy atom. The van der Waals surface area contributed by atoms with Crippen molar-refractivity contribution < 1.29 is 19.0 Å². The van der Waals surface area contributed by atoms with Crippen LogP contribution in [-0.2, 0) is 9.47 Å². The van der Waals surface area contributed by atoms with Crippen LogP contribution in [0, 0.1) is 5.92 Å². The number of carbonyl (C=O) groups is 1. The number of hydrogen-bond acceptors (Lipinski definition) is 5. The number of hydrogen-bond donors (Lipinski definition) is 1. The van der Waals surface area contributed by atoms with Crippen LogP contribution in [0.4, 0.5) is 5.69 Å². The quantitative estimate of drug-likeness (QED) is 0.476. The minimum Gasteiger partial charge on any atom is -0.496 e. The molecule has 1 aromatic rings. The van der Waals surface area contributed by atoms with Crippen molar-refractivity contribution in [3.8, 4) is 5.75 Å². The smallest absolute Gasteiger partial charge is 0.342 e. The molecule has 0 unspecified atom stereocenters. The molecule has 1 aromatic carbocycles. The lowest BCUT2D eigenvalue weighted by Crippen LogP contribution is -2.13. The second-order valence-electron chi connectivity index (χ2n) is 4.68. The number of carbonyl (C=O) groups excluding carboxylic acids is 1. The van der Waals surface area contributed by atoms with Crippen molar-refractivity contribution in [2.75, 3.05) is 32.7 Å². The minimum absolute atomic E-state index is 0.177. The van der Waals surface area contributed by atoms with E-state index in [0.717, 1.165) is 0 Å². The Balaban J connectivity index is 2.57. The molecule has 0 radical (unpaired) electrons. The van der Waals surface area contributed by atoms with Gasteiger partial charge >= 0.3 is 5.97 Å². The highest BCUT2D eigenvalue weighted by molar-refractivity contribution is 6.33. The first kappa shape index (κ1) is 16.6. The molecule has 2 N–H and O–H groups in total. The summed E-state index contributed by atoms with van der Waals surface area (Å²) in [5.41, 5.74) is 6.24. The average molecular weight is 302 g/mol. The first-order valence-corrected chi connectivity index (χ1v) is 6.71. The molecule has 5 nitrogen and oxygen atoms in total. The van der Waals surface area contributed by atoms with Crippen molar-refractivity contribution in [1.82, 2.24) is 0 Å². The third kappa shape index (κ3) is 4.90. The predicted molar refractivity (Wildman–Crippen MR) is 78.4 cm³/mol. The Kier molecular flexibility index (Phi) is 6.61. The van der Waals surface area contributed by atoms with E-state index in [1.54, 1.807) is 0 Å². The fraction of sp³-hybridized carbons (Fsp3) is 0.500. The first-order chi connectivity index (χ1) is 9.45. The van der Waals surface area contributed by atoms with E-state index in [0.29, 0.717) is 30.6 Å². The summed E-state index contributed by atoms with van der Waals surface area (Å²) in [6.07, 6.45) is 0. The molecule has 0 atom stereocenters. The van der Waals surface area contributed by atoms with Gasteiger partial charge in [-0.2, -0.15) is 0 Å². The van der Waals surface area contributed by atoms with E-state index in [1.807, 2.05) is 13.8 Å². The molecule has 0 fully saturated rings. The molecule has 0 saturated heterocycles. The zero-order valence-corrected chi connectivity index (χ0v) is 12.7. The number of rotatable bonds is 7. The van der Waals surface area contributed by atoms with Crippen molar-refractivity contribution in [2.45, 2.75) is 13.8 Å². The van der Waals surface area contributed by atoms with Crippen LogP contribution in [-0.4, -0.2) is 32.9 Å². The first-order valence-electron chi connectivity index (χ1n) is 6.33. The number of esters is 1. The normalized spacial score (nSPS) is 10.7. The fourth-order valence-electron chi connectivity index (χ4n) is 1.49. The van der Waals surface area contributed by atoms with Crippen LogP contribution >= 0.6 is 11.6 Å². The predicted octanol–water partition coefficient (Wildman–Crippen LogP) is 2.76. The maximum Gasteiger partial charge on any atom is 0.342 e. The van der Waals surface area contributed by atoms with Crippen molar-refractivity contribution in [3.63, 3.8) is 0 Å². The Bertz CT molecular complexity index is 463. The number of methoxy groups -OCH3 is 1. The molecular formula is C14H20ClNO4. The summed E-state index contributed by atoms with van der Waals surface area (Å²) in [5, 5.41) is 0.286. The van der Waals surface area contributed by atoms with Crippen molar-refractivity contribution in [3.05, 3.63) is 22.7 Å². The summed E-state index contributed by atoms with van der Waals surface area (Å²) in [4.78, 5) is 11.9. The summed E-state index contributed by atoms with van der Waals surface area (Å²) < 4.78 is 15.5. The molecule has 0 heterocycles. The van der Waals surface area contributed by atoms with E-state index in [-0.39, 0.29) is 17.2 Å². The lowest BCUT2D eigenvalue weighted by molar-refractivity contribution is 0.0275. The zero-order valence-electron chi connectivity index (χ0n) is 11.9. The highest BCUT2D eigenvalue weighted by atomic mass is 35.5. The second-order valence-corrected chi connectivity index (χ2v) is 5.09. The van der Waals surface area contributed by atoms with E-state index in [9.17, 15) is 4.79 Å². The van der Waals surface area contributed by atoms with E-state index < -0.39 is 5.97 Å². The van der Waals surface area contributed by atoms with Crippen molar-refractivity contribution in [1.29, 1.82) is 0 Å². The van der Waals surface area contributed by atoms with Crippen LogP contribution in [0.25, 0.3) is 0 Å². The van der Waals surface area contributed by atoms with Gasteiger partial charge in [0.15, 0.2) is 0 Å². The molecule has 112 valence electrons. The molecule has 0 aliphatic heterocycles. The van der Waals surface area contributed by atoms with Crippen molar-refractivity contribution in [2.24, 2.45) is 5.92 Å². The van der Waals surface area contributed by atoms with Crippen LogP contribution in [0.2, 0.25) is 5.02 Å². The molecule has 0 amide bonds. The molecule has 6 heteroatoms. The van der Waals surface area contributed by atoms with E-state index >= 15 is 0 Å². The van der Waals surface area contributed by atoms with Gasteiger partial charge in [0.25, 0.3) is 0 Å². The van der Waals surface area contributed by atoms with Crippen LogP contribution < -0.4 is 10.5 Å². The molecule has 0 aliphatic carbocycles. The SMILES string of the molecule is COc1cc(N)c(Cl)cc1C(=O)OCCOCC(C)C. The lowest BCUT2D eigenvalue weighted by atomic mass is 10.2. The highest BCUT2D eigenvalue weighted by Crippen LogP contribution is 2.29. The van der Waals surface area contributed by atoms with Gasteiger partial charge in [0.05, 0.1) is 24.4 Å².